The van der Waals surface area contributed by atoms with Crippen LogP contribution in [-0.2, 0) is 16.1 Å². The van der Waals surface area contributed by atoms with Crippen molar-refractivity contribution in [3.8, 4) is 5.75 Å². The molecule has 1 amide bonds. The number of aryl methyl sites for hydroxylation is 1. The minimum absolute atomic E-state index is 0.0110. The molecule has 7 heteroatoms. The molecule has 2 aromatic rings. The highest BCUT2D eigenvalue weighted by molar-refractivity contribution is 5.83. The van der Waals surface area contributed by atoms with E-state index in [1.807, 2.05) is 18.2 Å². The van der Waals surface area contributed by atoms with E-state index in [2.05, 4.69) is 21.3 Å². The summed E-state index contributed by atoms with van der Waals surface area (Å²) < 4.78 is 29.1. The van der Waals surface area contributed by atoms with Gasteiger partial charge in [0.25, 0.3) is 5.91 Å². The molecule has 0 fully saturated rings. The summed E-state index contributed by atoms with van der Waals surface area (Å²) in [7, 11) is 0. The quantitative estimate of drug-likeness (QED) is 0.592. The molecule has 0 bridgehead atoms. The zero-order valence-corrected chi connectivity index (χ0v) is 14.6. The molecule has 1 atom stereocenters. The smallest absolute Gasteiger partial charge is 0.387 e. The van der Waals surface area contributed by atoms with Gasteiger partial charge in [-0.15, -0.1) is 0 Å². The van der Waals surface area contributed by atoms with Crippen LogP contribution in [0.5, 0.6) is 5.75 Å². The SMILES string of the molecule is O=C(CO/N=C/c1ccccc1OC(F)F)NC1CCCc2ccccc21. The lowest BCUT2D eigenvalue weighted by Crippen LogP contribution is -2.33. The number of benzene rings is 2. The summed E-state index contributed by atoms with van der Waals surface area (Å²) in [5.41, 5.74) is 2.72. The summed E-state index contributed by atoms with van der Waals surface area (Å²) in [5.74, 6) is -0.297. The highest BCUT2D eigenvalue weighted by Gasteiger charge is 2.21. The highest BCUT2D eigenvalue weighted by Crippen LogP contribution is 2.29. The molecule has 1 aliphatic carbocycles. The molecule has 0 aromatic heterocycles. The van der Waals surface area contributed by atoms with Crippen molar-refractivity contribution in [3.63, 3.8) is 0 Å². The van der Waals surface area contributed by atoms with Crippen molar-refractivity contribution >= 4 is 12.1 Å². The second-order valence-electron chi connectivity index (χ2n) is 6.14. The van der Waals surface area contributed by atoms with Gasteiger partial charge in [0, 0.05) is 5.56 Å². The Balaban J connectivity index is 1.52. The summed E-state index contributed by atoms with van der Waals surface area (Å²) >= 11 is 0. The van der Waals surface area contributed by atoms with Crippen molar-refractivity contribution in [1.82, 2.24) is 5.32 Å². The van der Waals surface area contributed by atoms with Gasteiger partial charge in [0.1, 0.15) is 5.75 Å². The number of nitrogens with one attached hydrogen (secondary N) is 1. The van der Waals surface area contributed by atoms with Crippen LogP contribution >= 0.6 is 0 Å². The summed E-state index contributed by atoms with van der Waals surface area (Å²) in [5, 5.41) is 6.63. The molecule has 0 saturated heterocycles. The summed E-state index contributed by atoms with van der Waals surface area (Å²) in [6, 6.07) is 14.2. The van der Waals surface area contributed by atoms with Crippen LogP contribution in [0, 0.1) is 0 Å². The first-order valence-corrected chi connectivity index (χ1v) is 8.70. The predicted octanol–water partition coefficient (Wildman–Crippen LogP) is 3.83. The fourth-order valence-corrected chi connectivity index (χ4v) is 3.12. The molecular formula is C20H20F2N2O3. The molecule has 5 nitrogen and oxygen atoms in total. The Labute approximate surface area is 156 Å². The van der Waals surface area contributed by atoms with E-state index < -0.39 is 6.61 Å². The van der Waals surface area contributed by atoms with Gasteiger partial charge in [-0.25, -0.2) is 0 Å². The van der Waals surface area contributed by atoms with Crippen LogP contribution in [0.25, 0.3) is 0 Å². The summed E-state index contributed by atoms with van der Waals surface area (Å²) in [6.45, 7) is -3.18. The van der Waals surface area contributed by atoms with E-state index in [0.717, 1.165) is 24.8 Å². The molecule has 1 N–H and O–H groups in total. The summed E-state index contributed by atoms with van der Waals surface area (Å²) in [6.07, 6.45) is 4.15. The average Bonchev–Trinajstić information content (AvgIpc) is 2.66. The Morgan fingerprint density at radius 3 is 2.85 bits per heavy atom. The monoisotopic (exact) mass is 374 g/mol. The Kier molecular flexibility index (Phi) is 6.35. The normalized spacial score (nSPS) is 16.2. The average molecular weight is 374 g/mol. The lowest BCUT2D eigenvalue weighted by Gasteiger charge is -2.26. The maximum Gasteiger partial charge on any atom is 0.387 e. The first kappa shape index (κ1) is 18.8. The number of fused-ring (bicyclic) bond motifs is 1. The number of hydrogen-bond acceptors (Lipinski definition) is 4. The van der Waals surface area contributed by atoms with Crippen LogP contribution in [-0.4, -0.2) is 25.3 Å². The molecule has 142 valence electrons. The van der Waals surface area contributed by atoms with Crippen molar-refractivity contribution in [2.45, 2.75) is 31.9 Å². The van der Waals surface area contributed by atoms with Gasteiger partial charge in [-0.1, -0.05) is 41.6 Å². The first-order chi connectivity index (χ1) is 13.1. The van der Waals surface area contributed by atoms with Gasteiger partial charge in [0.15, 0.2) is 6.61 Å². The standard InChI is InChI=1S/C20H20F2N2O3/c21-20(22)27-18-11-4-2-7-15(18)12-23-26-13-19(25)24-17-10-5-8-14-6-1-3-9-16(14)17/h1-4,6-7,9,11-12,17,20H,5,8,10,13H2,(H,24,25)/b23-12+. The van der Waals surface area contributed by atoms with Gasteiger partial charge in [-0.05, 0) is 42.5 Å². The van der Waals surface area contributed by atoms with Crippen molar-refractivity contribution < 1.29 is 23.1 Å². The predicted molar refractivity (Wildman–Crippen MR) is 96.9 cm³/mol. The van der Waals surface area contributed by atoms with E-state index >= 15 is 0 Å². The second kappa shape index (κ2) is 9.12. The number of alkyl halides is 2. The Morgan fingerprint density at radius 2 is 2.00 bits per heavy atom. The number of ether oxygens (including phenoxy) is 1. The van der Waals surface area contributed by atoms with Crippen LogP contribution in [0.15, 0.2) is 53.7 Å². The van der Waals surface area contributed by atoms with Crippen molar-refractivity contribution in [3.05, 3.63) is 65.2 Å². The molecular weight excluding hydrogens is 354 g/mol. The van der Waals surface area contributed by atoms with Crippen molar-refractivity contribution in [1.29, 1.82) is 0 Å². The fourth-order valence-electron chi connectivity index (χ4n) is 3.12. The molecule has 0 aliphatic heterocycles. The number of para-hydroxylation sites is 1. The number of nitrogens with zero attached hydrogens (tertiary/aromatic N) is 1. The summed E-state index contributed by atoms with van der Waals surface area (Å²) in [4.78, 5) is 17.1. The fraction of sp³-hybridized carbons (Fsp3) is 0.300. The van der Waals surface area contributed by atoms with Crippen LogP contribution in [0.3, 0.4) is 0 Å². The minimum Gasteiger partial charge on any atom is -0.434 e. The van der Waals surface area contributed by atoms with E-state index in [4.69, 9.17) is 4.84 Å². The Hall–Kier alpha value is -2.96. The second-order valence-corrected chi connectivity index (χ2v) is 6.14. The number of carbonyl (C=O) groups is 1. The molecule has 0 radical (unpaired) electrons. The molecule has 0 heterocycles. The third-order valence-corrected chi connectivity index (χ3v) is 4.30. The maximum atomic E-state index is 12.4. The topological polar surface area (TPSA) is 59.9 Å². The van der Waals surface area contributed by atoms with E-state index in [9.17, 15) is 13.6 Å². The van der Waals surface area contributed by atoms with Crippen LogP contribution in [0.2, 0.25) is 0 Å². The van der Waals surface area contributed by atoms with E-state index in [0.29, 0.717) is 5.56 Å². The van der Waals surface area contributed by atoms with Crippen molar-refractivity contribution in [2.75, 3.05) is 6.61 Å². The lowest BCUT2D eigenvalue weighted by molar-refractivity contribution is -0.126. The van der Waals surface area contributed by atoms with Crippen molar-refractivity contribution in [2.24, 2.45) is 5.16 Å². The number of hydrogen-bond donors (Lipinski definition) is 1. The molecule has 3 rings (SSSR count). The maximum absolute atomic E-state index is 12.4. The number of oxime groups is 1. The van der Waals surface area contributed by atoms with Gasteiger partial charge in [0.05, 0.1) is 12.3 Å². The molecule has 27 heavy (non-hydrogen) atoms. The van der Waals surface area contributed by atoms with Gasteiger partial charge in [-0.3, -0.25) is 4.79 Å². The molecule has 2 aromatic carbocycles. The molecule has 1 unspecified atom stereocenters. The van der Waals surface area contributed by atoms with E-state index in [1.54, 1.807) is 18.2 Å². The zero-order chi connectivity index (χ0) is 19.1. The van der Waals surface area contributed by atoms with Crippen LogP contribution in [0.1, 0.15) is 35.6 Å². The van der Waals surface area contributed by atoms with Gasteiger partial charge in [0.2, 0.25) is 0 Å². The number of amides is 1. The number of rotatable bonds is 7. The van der Waals surface area contributed by atoms with Crippen LogP contribution in [0.4, 0.5) is 8.78 Å². The van der Waals surface area contributed by atoms with Gasteiger partial charge >= 0.3 is 6.61 Å². The number of halogens is 2. The highest BCUT2D eigenvalue weighted by atomic mass is 19.3. The van der Waals surface area contributed by atoms with Gasteiger partial charge in [-0.2, -0.15) is 8.78 Å². The third kappa shape index (κ3) is 5.26. The van der Waals surface area contributed by atoms with Gasteiger partial charge < -0.3 is 14.9 Å². The largest absolute Gasteiger partial charge is 0.434 e. The molecule has 0 saturated carbocycles. The zero-order valence-electron chi connectivity index (χ0n) is 14.6. The first-order valence-electron chi connectivity index (χ1n) is 8.70. The third-order valence-electron chi connectivity index (χ3n) is 4.30. The Morgan fingerprint density at radius 1 is 1.22 bits per heavy atom. The van der Waals surface area contributed by atoms with E-state index in [-0.39, 0.29) is 24.3 Å². The van der Waals surface area contributed by atoms with Crippen LogP contribution < -0.4 is 10.1 Å². The lowest BCUT2D eigenvalue weighted by atomic mass is 9.88. The Bertz CT molecular complexity index is 811. The molecule has 1 aliphatic rings. The van der Waals surface area contributed by atoms with E-state index in [1.165, 1.54) is 17.8 Å². The number of carbonyl (C=O) groups excluding carboxylic acids is 1. The molecule has 0 spiro atoms. The minimum atomic E-state index is -2.93.